The van der Waals surface area contributed by atoms with E-state index in [0.29, 0.717) is 12.0 Å². The molecule has 3 aromatic rings. The second kappa shape index (κ2) is 13.3. The molecule has 1 aromatic heterocycles. The van der Waals surface area contributed by atoms with Crippen LogP contribution in [0.4, 0.5) is 27.5 Å². The number of benzene rings is 2. The molecule has 1 aliphatic heterocycles. The van der Waals surface area contributed by atoms with Crippen LogP contribution in [0.5, 0.6) is 0 Å². The van der Waals surface area contributed by atoms with Crippen molar-refractivity contribution in [2.75, 3.05) is 55.0 Å². The van der Waals surface area contributed by atoms with Gasteiger partial charge in [0, 0.05) is 26.7 Å². The summed E-state index contributed by atoms with van der Waals surface area (Å²) < 4.78 is 12.2. The lowest BCUT2D eigenvalue weighted by Crippen LogP contribution is -2.41. The summed E-state index contributed by atoms with van der Waals surface area (Å²) in [5.74, 6) is 1.32. The van der Waals surface area contributed by atoms with Crippen LogP contribution in [0.25, 0.3) is 0 Å². The van der Waals surface area contributed by atoms with E-state index in [1.165, 1.54) is 17.7 Å². The van der Waals surface area contributed by atoms with E-state index in [0.717, 1.165) is 56.8 Å². The van der Waals surface area contributed by atoms with Crippen molar-refractivity contribution in [2.45, 2.75) is 31.7 Å². The van der Waals surface area contributed by atoms with Crippen molar-refractivity contribution >= 4 is 23.1 Å². The van der Waals surface area contributed by atoms with Gasteiger partial charge in [-0.25, -0.2) is 9.37 Å². The van der Waals surface area contributed by atoms with Gasteiger partial charge in [0.05, 0.1) is 17.6 Å². The number of aromatic nitrogens is 2. The number of para-hydroxylation sites is 1. The molecule has 0 unspecified atom stereocenters. The standard InChI is InChI=1S/C20H30N6.C6H6FN/c1-21-18-15-24-20(23-12-6-9-16-7-4-3-5-8-16)25-19(18)26(2)17-10-13-22-14-11-17;7-5-3-1-2-4-6(5)8/h3-5,7-8,15,17,21-22H,6,9-14H2,1-2H3,(H,23,24,25);1-4H,8H2. The first-order valence-electron chi connectivity index (χ1n) is 11.8. The Labute approximate surface area is 202 Å². The molecule has 2 heterocycles. The Bertz CT molecular complexity index is 972. The number of nitrogens with two attached hydrogens (primary N) is 1. The maximum Gasteiger partial charge on any atom is 0.224 e. The molecular formula is C26H36FN7. The molecule has 8 heteroatoms. The van der Waals surface area contributed by atoms with Crippen LogP contribution in [0.1, 0.15) is 24.8 Å². The maximum atomic E-state index is 12.2. The Morgan fingerprint density at radius 3 is 2.44 bits per heavy atom. The summed E-state index contributed by atoms with van der Waals surface area (Å²) in [6, 6.07) is 17.2. The van der Waals surface area contributed by atoms with Gasteiger partial charge in [-0.05, 0) is 56.5 Å². The molecule has 34 heavy (non-hydrogen) atoms. The smallest absolute Gasteiger partial charge is 0.224 e. The Hall–Kier alpha value is -3.39. The predicted molar refractivity (Wildman–Crippen MR) is 140 cm³/mol. The van der Waals surface area contributed by atoms with Gasteiger partial charge in [-0.3, -0.25) is 0 Å². The Kier molecular flexibility index (Phi) is 9.91. The first-order chi connectivity index (χ1) is 16.6. The van der Waals surface area contributed by atoms with Crippen molar-refractivity contribution in [2.24, 2.45) is 0 Å². The first-order valence-corrected chi connectivity index (χ1v) is 11.8. The highest BCUT2D eigenvalue weighted by molar-refractivity contribution is 5.66. The normalized spacial score (nSPS) is 13.5. The summed E-state index contributed by atoms with van der Waals surface area (Å²) in [4.78, 5) is 11.5. The number of halogens is 1. The summed E-state index contributed by atoms with van der Waals surface area (Å²) in [6.07, 6.45) is 6.28. The molecule has 1 saturated heterocycles. The third-order valence-electron chi connectivity index (χ3n) is 5.90. The zero-order chi connectivity index (χ0) is 24.2. The predicted octanol–water partition coefficient (Wildman–Crippen LogP) is 4.16. The van der Waals surface area contributed by atoms with Crippen molar-refractivity contribution in [3.8, 4) is 0 Å². The highest BCUT2D eigenvalue weighted by Crippen LogP contribution is 2.26. The molecule has 2 aromatic carbocycles. The van der Waals surface area contributed by atoms with Gasteiger partial charge in [0.2, 0.25) is 5.95 Å². The molecule has 1 aliphatic rings. The van der Waals surface area contributed by atoms with Crippen molar-refractivity contribution in [3.05, 3.63) is 72.2 Å². The molecule has 5 N–H and O–H groups in total. The molecule has 4 rings (SSSR count). The van der Waals surface area contributed by atoms with Crippen molar-refractivity contribution < 1.29 is 4.39 Å². The van der Waals surface area contributed by atoms with E-state index in [4.69, 9.17) is 10.7 Å². The zero-order valence-corrected chi connectivity index (χ0v) is 20.1. The lowest BCUT2D eigenvalue weighted by atomic mass is 10.1. The topological polar surface area (TPSA) is 91.1 Å². The molecule has 0 atom stereocenters. The van der Waals surface area contributed by atoms with Gasteiger partial charge in [0.1, 0.15) is 5.82 Å². The summed E-state index contributed by atoms with van der Waals surface area (Å²) in [6.45, 7) is 3.00. The number of rotatable bonds is 8. The molecule has 1 fully saturated rings. The number of nitrogens with one attached hydrogen (secondary N) is 3. The highest BCUT2D eigenvalue weighted by atomic mass is 19.1. The second-order valence-corrected chi connectivity index (χ2v) is 8.31. The number of hydrogen-bond donors (Lipinski definition) is 4. The first kappa shape index (κ1) is 25.2. The van der Waals surface area contributed by atoms with E-state index in [-0.39, 0.29) is 11.5 Å². The van der Waals surface area contributed by atoms with Gasteiger partial charge in [-0.1, -0.05) is 42.5 Å². The number of hydrogen-bond acceptors (Lipinski definition) is 7. The molecule has 0 spiro atoms. The number of piperidine rings is 1. The van der Waals surface area contributed by atoms with Gasteiger partial charge in [-0.2, -0.15) is 4.98 Å². The third-order valence-corrected chi connectivity index (χ3v) is 5.90. The Balaban J connectivity index is 0.000000343. The second-order valence-electron chi connectivity index (χ2n) is 8.31. The summed E-state index contributed by atoms with van der Waals surface area (Å²) >= 11 is 0. The molecule has 0 saturated carbocycles. The van der Waals surface area contributed by atoms with E-state index in [1.807, 2.05) is 13.2 Å². The summed E-state index contributed by atoms with van der Waals surface area (Å²) in [5, 5.41) is 10.0. The Morgan fingerprint density at radius 2 is 1.79 bits per heavy atom. The van der Waals surface area contributed by atoms with Crippen LogP contribution in [-0.2, 0) is 6.42 Å². The number of aryl methyl sites for hydroxylation is 1. The zero-order valence-electron chi connectivity index (χ0n) is 20.1. The molecular weight excluding hydrogens is 429 g/mol. The van der Waals surface area contributed by atoms with E-state index < -0.39 is 0 Å². The Morgan fingerprint density at radius 1 is 1.09 bits per heavy atom. The minimum Gasteiger partial charge on any atom is -0.396 e. The van der Waals surface area contributed by atoms with Crippen molar-refractivity contribution in [1.82, 2.24) is 15.3 Å². The largest absolute Gasteiger partial charge is 0.396 e. The van der Waals surface area contributed by atoms with E-state index in [9.17, 15) is 4.39 Å². The van der Waals surface area contributed by atoms with Crippen LogP contribution in [-0.4, -0.2) is 49.7 Å². The van der Waals surface area contributed by atoms with E-state index in [1.54, 1.807) is 12.1 Å². The maximum absolute atomic E-state index is 12.2. The van der Waals surface area contributed by atoms with Crippen LogP contribution in [0.2, 0.25) is 0 Å². The fourth-order valence-electron chi connectivity index (χ4n) is 3.88. The lowest BCUT2D eigenvalue weighted by molar-refractivity contribution is 0.442. The molecule has 182 valence electrons. The fourth-order valence-corrected chi connectivity index (χ4v) is 3.88. The van der Waals surface area contributed by atoms with E-state index >= 15 is 0 Å². The van der Waals surface area contributed by atoms with Gasteiger partial charge < -0.3 is 26.6 Å². The SMILES string of the molecule is CNc1cnc(NCCCc2ccccc2)nc1N(C)C1CCNCC1.Nc1ccccc1F. The van der Waals surface area contributed by atoms with Crippen LogP contribution < -0.4 is 26.6 Å². The lowest BCUT2D eigenvalue weighted by Gasteiger charge is -2.33. The fraction of sp³-hybridized carbons (Fsp3) is 0.385. The van der Waals surface area contributed by atoms with Crippen molar-refractivity contribution in [3.63, 3.8) is 0 Å². The third kappa shape index (κ3) is 7.59. The van der Waals surface area contributed by atoms with E-state index in [2.05, 4.69) is 63.2 Å². The van der Waals surface area contributed by atoms with Gasteiger partial charge in [0.25, 0.3) is 0 Å². The highest BCUT2D eigenvalue weighted by Gasteiger charge is 2.21. The average Bonchev–Trinajstić information content (AvgIpc) is 2.89. The van der Waals surface area contributed by atoms with Crippen LogP contribution >= 0.6 is 0 Å². The minimum atomic E-state index is -0.354. The van der Waals surface area contributed by atoms with Crippen LogP contribution in [0.3, 0.4) is 0 Å². The number of anilines is 4. The summed E-state index contributed by atoms with van der Waals surface area (Å²) in [5.41, 5.74) is 7.69. The molecule has 0 aliphatic carbocycles. The van der Waals surface area contributed by atoms with Crippen LogP contribution in [0.15, 0.2) is 60.8 Å². The minimum absolute atomic E-state index is 0.201. The quantitative estimate of drug-likeness (QED) is 0.293. The number of nitrogens with zero attached hydrogens (tertiary/aromatic N) is 3. The van der Waals surface area contributed by atoms with Crippen LogP contribution in [0, 0.1) is 5.82 Å². The van der Waals surface area contributed by atoms with Gasteiger partial charge in [-0.15, -0.1) is 0 Å². The molecule has 7 nitrogen and oxygen atoms in total. The number of nitrogen functional groups attached to an aromatic ring is 1. The molecule has 0 bridgehead atoms. The summed E-state index contributed by atoms with van der Waals surface area (Å²) in [7, 11) is 4.06. The van der Waals surface area contributed by atoms with Gasteiger partial charge >= 0.3 is 0 Å². The molecule has 0 radical (unpaired) electrons. The average molecular weight is 466 g/mol. The monoisotopic (exact) mass is 465 g/mol. The molecule has 0 amide bonds. The van der Waals surface area contributed by atoms with Crippen molar-refractivity contribution in [1.29, 1.82) is 0 Å². The van der Waals surface area contributed by atoms with Gasteiger partial charge in [0.15, 0.2) is 5.82 Å².